The van der Waals surface area contributed by atoms with Gasteiger partial charge in [-0.05, 0) is 48.2 Å². The summed E-state index contributed by atoms with van der Waals surface area (Å²) in [7, 11) is -3.58. The van der Waals surface area contributed by atoms with E-state index in [4.69, 9.17) is 5.11 Å². The monoisotopic (exact) mass is 305 g/mol. The predicted molar refractivity (Wildman–Crippen MR) is 83.9 cm³/mol. The van der Waals surface area contributed by atoms with Crippen molar-refractivity contribution in [1.82, 2.24) is 0 Å². The molecule has 0 amide bonds. The van der Waals surface area contributed by atoms with Crippen molar-refractivity contribution >= 4 is 15.7 Å². The summed E-state index contributed by atoms with van der Waals surface area (Å²) < 4.78 is 27.2. The Morgan fingerprint density at radius 1 is 1.05 bits per heavy atom. The van der Waals surface area contributed by atoms with Crippen LogP contribution in [0.5, 0.6) is 0 Å². The molecule has 0 saturated carbocycles. The van der Waals surface area contributed by atoms with Crippen molar-refractivity contribution in [3.63, 3.8) is 0 Å². The highest BCUT2D eigenvalue weighted by atomic mass is 32.2. The zero-order chi connectivity index (χ0) is 15.3. The first kappa shape index (κ1) is 15.5. The van der Waals surface area contributed by atoms with Crippen LogP contribution in [0, 0.1) is 0 Å². The lowest BCUT2D eigenvalue weighted by atomic mass is 10.1. The molecule has 0 atom stereocenters. The molecule has 0 saturated heterocycles. The lowest BCUT2D eigenvalue weighted by Gasteiger charge is -2.09. The molecule has 2 N–H and O–H groups in total. The van der Waals surface area contributed by atoms with Crippen molar-refractivity contribution < 1.29 is 13.5 Å². The van der Waals surface area contributed by atoms with Crippen LogP contribution in [-0.2, 0) is 22.9 Å². The molecule has 0 aliphatic rings. The summed E-state index contributed by atoms with van der Waals surface area (Å²) in [6.45, 7) is 2.07. The summed E-state index contributed by atoms with van der Waals surface area (Å²) in [5.41, 5.74) is 2.55. The summed E-state index contributed by atoms with van der Waals surface area (Å²) >= 11 is 0. The Hall–Kier alpha value is -1.85. The lowest BCUT2D eigenvalue weighted by molar-refractivity contribution is 0.299. The zero-order valence-electron chi connectivity index (χ0n) is 11.9. The second-order valence-electron chi connectivity index (χ2n) is 4.78. The number of aliphatic hydroxyl groups excluding tert-OH is 1. The Kier molecular flexibility index (Phi) is 4.98. The van der Waals surface area contributed by atoms with Gasteiger partial charge in [-0.25, -0.2) is 8.42 Å². The number of hydrogen-bond acceptors (Lipinski definition) is 3. The third kappa shape index (κ3) is 4.06. The van der Waals surface area contributed by atoms with Crippen molar-refractivity contribution in [2.24, 2.45) is 0 Å². The first-order valence-electron chi connectivity index (χ1n) is 6.86. The number of hydrogen-bond donors (Lipinski definition) is 2. The third-order valence-corrected chi connectivity index (χ3v) is 4.62. The van der Waals surface area contributed by atoms with Gasteiger partial charge in [-0.1, -0.05) is 31.2 Å². The van der Waals surface area contributed by atoms with Crippen LogP contribution < -0.4 is 4.72 Å². The van der Waals surface area contributed by atoms with E-state index in [0.29, 0.717) is 12.1 Å². The maximum atomic E-state index is 12.3. The number of aryl methyl sites for hydroxylation is 1. The van der Waals surface area contributed by atoms with Gasteiger partial charge in [0.15, 0.2) is 0 Å². The maximum absolute atomic E-state index is 12.3. The fraction of sp³-hybridized carbons (Fsp3) is 0.250. The molecule has 0 spiro atoms. The molecule has 2 rings (SSSR count). The van der Waals surface area contributed by atoms with Crippen LogP contribution in [-0.4, -0.2) is 20.1 Å². The predicted octanol–water partition coefficient (Wildman–Crippen LogP) is 2.58. The van der Waals surface area contributed by atoms with Crippen molar-refractivity contribution in [2.75, 3.05) is 11.3 Å². The molecular formula is C16H19NO3S. The Morgan fingerprint density at radius 2 is 1.76 bits per heavy atom. The van der Waals surface area contributed by atoms with Crippen LogP contribution in [0.25, 0.3) is 0 Å². The Bertz CT molecular complexity index is 694. The van der Waals surface area contributed by atoms with Gasteiger partial charge in [0.1, 0.15) is 0 Å². The minimum absolute atomic E-state index is 0.0498. The fourth-order valence-corrected chi connectivity index (χ4v) is 3.08. The molecule has 0 bridgehead atoms. The van der Waals surface area contributed by atoms with E-state index in [-0.39, 0.29) is 11.5 Å². The van der Waals surface area contributed by atoms with Crippen LogP contribution in [0.4, 0.5) is 5.69 Å². The van der Waals surface area contributed by atoms with Gasteiger partial charge in [0.2, 0.25) is 0 Å². The van der Waals surface area contributed by atoms with Crippen LogP contribution in [0.3, 0.4) is 0 Å². The largest absolute Gasteiger partial charge is 0.396 e. The second-order valence-corrected chi connectivity index (χ2v) is 6.46. The quantitative estimate of drug-likeness (QED) is 0.862. The summed E-state index contributed by atoms with van der Waals surface area (Å²) in [5.74, 6) is 0. The number of aliphatic hydroxyl groups is 1. The molecule has 5 heteroatoms. The molecule has 0 radical (unpaired) electrons. The Balaban J connectivity index is 2.21. The van der Waals surface area contributed by atoms with Crippen molar-refractivity contribution in [2.45, 2.75) is 24.7 Å². The van der Waals surface area contributed by atoms with Gasteiger partial charge in [-0.2, -0.15) is 0 Å². The van der Waals surface area contributed by atoms with E-state index in [1.165, 1.54) is 0 Å². The molecule has 0 aliphatic carbocycles. The highest BCUT2D eigenvalue weighted by Gasteiger charge is 2.14. The number of benzene rings is 2. The first-order chi connectivity index (χ1) is 10.0. The highest BCUT2D eigenvalue weighted by Crippen LogP contribution is 2.18. The Morgan fingerprint density at radius 3 is 2.38 bits per heavy atom. The number of sulfonamides is 1. The molecule has 4 nitrogen and oxygen atoms in total. The molecule has 2 aromatic rings. The standard InChI is InChI=1S/C16H19NO3S/c1-2-13-4-3-5-15(12-13)17-21(19,20)16-8-6-14(7-9-16)10-11-18/h3-9,12,17-18H,2,10-11H2,1H3. The number of nitrogens with one attached hydrogen (secondary N) is 1. The highest BCUT2D eigenvalue weighted by molar-refractivity contribution is 7.92. The van der Waals surface area contributed by atoms with Gasteiger partial charge in [-0.3, -0.25) is 4.72 Å². The molecule has 0 unspecified atom stereocenters. The number of anilines is 1. The van der Waals surface area contributed by atoms with E-state index < -0.39 is 10.0 Å². The second kappa shape index (κ2) is 6.74. The van der Waals surface area contributed by atoms with Gasteiger partial charge in [0.25, 0.3) is 10.0 Å². The smallest absolute Gasteiger partial charge is 0.261 e. The van der Waals surface area contributed by atoms with E-state index in [9.17, 15) is 8.42 Å². The average Bonchev–Trinajstić information content (AvgIpc) is 2.48. The summed E-state index contributed by atoms with van der Waals surface area (Å²) in [6.07, 6.45) is 1.37. The summed E-state index contributed by atoms with van der Waals surface area (Å²) in [4.78, 5) is 0.214. The van der Waals surface area contributed by atoms with Gasteiger partial charge < -0.3 is 5.11 Å². The summed E-state index contributed by atoms with van der Waals surface area (Å²) in [6, 6.07) is 13.9. The van der Waals surface area contributed by atoms with E-state index in [2.05, 4.69) is 4.72 Å². The molecular weight excluding hydrogens is 286 g/mol. The molecule has 112 valence electrons. The molecule has 2 aromatic carbocycles. The lowest BCUT2D eigenvalue weighted by Crippen LogP contribution is -2.13. The zero-order valence-corrected chi connectivity index (χ0v) is 12.7. The van der Waals surface area contributed by atoms with E-state index >= 15 is 0 Å². The van der Waals surface area contributed by atoms with Gasteiger partial charge >= 0.3 is 0 Å². The van der Waals surface area contributed by atoms with Crippen LogP contribution >= 0.6 is 0 Å². The Labute approximate surface area is 125 Å². The first-order valence-corrected chi connectivity index (χ1v) is 8.35. The van der Waals surface area contributed by atoms with Gasteiger partial charge in [0.05, 0.1) is 4.90 Å². The molecule has 0 aromatic heterocycles. The fourth-order valence-electron chi connectivity index (χ4n) is 2.03. The van der Waals surface area contributed by atoms with E-state index in [0.717, 1.165) is 17.5 Å². The van der Waals surface area contributed by atoms with Crippen LogP contribution in [0.2, 0.25) is 0 Å². The van der Waals surface area contributed by atoms with Gasteiger partial charge in [0, 0.05) is 12.3 Å². The van der Waals surface area contributed by atoms with Crippen molar-refractivity contribution in [3.05, 3.63) is 59.7 Å². The van der Waals surface area contributed by atoms with Crippen molar-refractivity contribution in [3.8, 4) is 0 Å². The topological polar surface area (TPSA) is 66.4 Å². The molecule has 0 heterocycles. The molecule has 0 aliphatic heterocycles. The normalized spacial score (nSPS) is 11.3. The average molecular weight is 305 g/mol. The molecule has 21 heavy (non-hydrogen) atoms. The minimum Gasteiger partial charge on any atom is -0.396 e. The van der Waals surface area contributed by atoms with Crippen LogP contribution in [0.1, 0.15) is 18.1 Å². The summed E-state index contributed by atoms with van der Waals surface area (Å²) in [5, 5.41) is 8.86. The third-order valence-electron chi connectivity index (χ3n) is 3.22. The minimum atomic E-state index is -3.58. The van der Waals surface area contributed by atoms with Crippen molar-refractivity contribution in [1.29, 1.82) is 0 Å². The van der Waals surface area contributed by atoms with E-state index in [1.807, 2.05) is 25.1 Å². The van der Waals surface area contributed by atoms with E-state index in [1.54, 1.807) is 30.3 Å². The van der Waals surface area contributed by atoms with Crippen LogP contribution in [0.15, 0.2) is 53.4 Å². The SMILES string of the molecule is CCc1cccc(NS(=O)(=O)c2ccc(CCO)cc2)c1. The molecule has 0 fully saturated rings. The maximum Gasteiger partial charge on any atom is 0.261 e. The number of rotatable bonds is 6. The van der Waals surface area contributed by atoms with Gasteiger partial charge in [-0.15, -0.1) is 0 Å².